The highest BCUT2D eigenvalue weighted by atomic mass is 16.4. The lowest BCUT2D eigenvalue weighted by Gasteiger charge is -2.27. The molecule has 1 aromatic heterocycles. The minimum absolute atomic E-state index is 0.119. The molecule has 34 heavy (non-hydrogen) atoms. The molecule has 2 amide bonds. The van der Waals surface area contributed by atoms with E-state index < -0.39 is 35.7 Å². The van der Waals surface area contributed by atoms with Crippen LogP contribution < -0.4 is 21.9 Å². The van der Waals surface area contributed by atoms with Crippen LogP contribution in [0.3, 0.4) is 0 Å². The van der Waals surface area contributed by atoms with Gasteiger partial charge in [-0.25, -0.2) is 4.79 Å². The molecule has 1 saturated carbocycles. The number of H-pyrrole nitrogens is 1. The van der Waals surface area contributed by atoms with Crippen molar-refractivity contribution in [3.63, 3.8) is 0 Å². The zero-order valence-corrected chi connectivity index (χ0v) is 19.5. The number of rotatable bonds is 9. The van der Waals surface area contributed by atoms with Crippen LogP contribution in [-0.2, 0) is 20.9 Å². The summed E-state index contributed by atoms with van der Waals surface area (Å²) in [6, 6.07) is 5.74. The molecule has 1 fully saturated rings. The number of aromatic amines is 1. The normalized spacial score (nSPS) is 19.0. The van der Waals surface area contributed by atoms with Crippen LogP contribution in [0.15, 0.2) is 33.9 Å². The van der Waals surface area contributed by atoms with Gasteiger partial charge in [-0.2, -0.15) is 0 Å². The van der Waals surface area contributed by atoms with Crippen molar-refractivity contribution < 1.29 is 19.5 Å². The summed E-state index contributed by atoms with van der Waals surface area (Å²) in [5.74, 6) is -1.71. The van der Waals surface area contributed by atoms with Gasteiger partial charge in [-0.15, -0.1) is 0 Å². The second kappa shape index (κ2) is 11.1. The highest BCUT2D eigenvalue weighted by Gasteiger charge is 2.28. The van der Waals surface area contributed by atoms with Gasteiger partial charge in [0.05, 0.1) is 16.8 Å². The topological polar surface area (TPSA) is 150 Å². The zero-order valence-electron chi connectivity index (χ0n) is 19.5. The van der Waals surface area contributed by atoms with Crippen LogP contribution in [0.25, 0.3) is 10.9 Å². The van der Waals surface area contributed by atoms with Crippen molar-refractivity contribution in [3.05, 3.63) is 45.1 Å². The third kappa shape index (κ3) is 6.33. The van der Waals surface area contributed by atoms with Crippen molar-refractivity contribution in [1.29, 1.82) is 0 Å². The van der Waals surface area contributed by atoms with E-state index in [4.69, 9.17) is 5.11 Å². The molecule has 1 atom stereocenters. The quantitative estimate of drug-likeness (QED) is 0.431. The number of carboxylic acids is 1. The summed E-state index contributed by atoms with van der Waals surface area (Å²) >= 11 is 0. The van der Waals surface area contributed by atoms with Gasteiger partial charge in [0.25, 0.3) is 5.56 Å². The Morgan fingerprint density at radius 3 is 2.44 bits per heavy atom. The van der Waals surface area contributed by atoms with Crippen LogP contribution in [-0.4, -0.2) is 45.0 Å². The molecule has 10 nitrogen and oxygen atoms in total. The van der Waals surface area contributed by atoms with Crippen LogP contribution in [0.1, 0.15) is 46.0 Å². The second-order valence-corrected chi connectivity index (χ2v) is 9.42. The molecule has 1 aliphatic rings. The van der Waals surface area contributed by atoms with Gasteiger partial charge < -0.3 is 20.7 Å². The molecule has 4 N–H and O–H groups in total. The number of aliphatic carboxylic acids is 1. The maximum atomic E-state index is 12.8. The lowest BCUT2D eigenvalue weighted by Crippen LogP contribution is -2.50. The van der Waals surface area contributed by atoms with Crippen LogP contribution in [0, 0.1) is 17.8 Å². The molecule has 0 bridgehead atoms. The molecule has 3 rings (SSSR count). The van der Waals surface area contributed by atoms with E-state index in [0.29, 0.717) is 36.7 Å². The number of para-hydroxylation sites is 1. The third-order valence-electron chi connectivity index (χ3n) is 6.31. The van der Waals surface area contributed by atoms with Gasteiger partial charge in [-0.05, 0) is 56.1 Å². The number of aromatic nitrogens is 2. The number of carbonyl (C=O) groups excluding carboxylic acids is 2. The maximum absolute atomic E-state index is 12.8. The first-order valence-electron chi connectivity index (χ1n) is 11.7. The van der Waals surface area contributed by atoms with Crippen molar-refractivity contribution in [2.45, 2.75) is 58.5 Å². The molecule has 184 valence electrons. The number of carbonyl (C=O) groups is 3. The molecular formula is C24H32N4O6. The Balaban J connectivity index is 1.62. The number of nitrogens with one attached hydrogen (secondary N) is 3. The Morgan fingerprint density at radius 1 is 1.12 bits per heavy atom. The Kier molecular flexibility index (Phi) is 8.25. The number of benzene rings is 1. The monoisotopic (exact) mass is 472 g/mol. The van der Waals surface area contributed by atoms with Crippen LogP contribution in [0.5, 0.6) is 0 Å². The number of hydrogen-bond acceptors (Lipinski definition) is 5. The van der Waals surface area contributed by atoms with E-state index in [9.17, 15) is 24.0 Å². The fraction of sp³-hybridized carbons (Fsp3) is 0.542. The standard InChI is InChI=1S/C24H32N4O6/c1-14(2)11-19(21(30)25-12-15-7-9-16(10-8-15)23(32)33)26-20(29)13-28-22(31)17-5-3-4-6-18(17)27-24(28)34/h3-6,14-16,19H,7-13H2,1-2H3,(H,25,30)(H,26,29)(H,27,34)(H,32,33)/t15?,16?,19-/m0/s1. The van der Waals surface area contributed by atoms with E-state index in [1.807, 2.05) is 13.8 Å². The first-order chi connectivity index (χ1) is 16.2. The molecule has 0 saturated heterocycles. The number of carboxylic acid groups (broad SMARTS) is 1. The number of nitrogens with zero attached hydrogens (tertiary/aromatic N) is 1. The Hall–Kier alpha value is -3.43. The predicted octanol–water partition coefficient (Wildman–Crippen LogP) is 1.23. The molecule has 1 aliphatic carbocycles. The van der Waals surface area contributed by atoms with E-state index >= 15 is 0 Å². The molecule has 0 unspecified atom stereocenters. The predicted molar refractivity (Wildman–Crippen MR) is 126 cm³/mol. The van der Waals surface area contributed by atoms with Gasteiger partial charge in [0, 0.05) is 6.54 Å². The molecule has 1 aromatic carbocycles. The number of fused-ring (bicyclic) bond motifs is 1. The van der Waals surface area contributed by atoms with Gasteiger partial charge >= 0.3 is 11.7 Å². The smallest absolute Gasteiger partial charge is 0.329 e. The van der Waals surface area contributed by atoms with Crippen molar-refractivity contribution in [3.8, 4) is 0 Å². The van der Waals surface area contributed by atoms with E-state index in [2.05, 4.69) is 15.6 Å². The van der Waals surface area contributed by atoms with Crippen molar-refractivity contribution >= 4 is 28.7 Å². The molecule has 0 aliphatic heterocycles. The lowest BCUT2D eigenvalue weighted by atomic mass is 9.82. The fourth-order valence-corrected chi connectivity index (χ4v) is 4.41. The van der Waals surface area contributed by atoms with Crippen molar-refractivity contribution in [2.24, 2.45) is 17.8 Å². The van der Waals surface area contributed by atoms with Gasteiger partial charge in [0.15, 0.2) is 0 Å². The summed E-state index contributed by atoms with van der Waals surface area (Å²) in [5, 5.41) is 15.0. The van der Waals surface area contributed by atoms with Crippen LogP contribution in [0.2, 0.25) is 0 Å². The summed E-state index contributed by atoms with van der Waals surface area (Å²) in [6.45, 7) is 3.77. The first-order valence-corrected chi connectivity index (χ1v) is 11.7. The Labute approximate surface area is 196 Å². The van der Waals surface area contributed by atoms with Crippen LogP contribution in [0.4, 0.5) is 0 Å². The second-order valence-electron chi connectivity index (χ2n) is 9.42. The van der Waals surface area contributed by atoms with E-state index in [0.717, 1.165) is 17.4 Å². The minimum Gasteiger partial charge on any atom is -0.481 e. The van der Waals surface area contributed by atoms with E-state index in [1.54, 1.807) is 24.3 Å². The van der Waals surface area contributed by atoms with Crippen molar-refractivity contribution in [2.75, 3.05) is 6.54 Å². The molecule has 0 radical (unpaired) electrons. The zero-order chi connectivity index (χ0) is 24.8. The Bertz CT molecular complexity index is 1160. The number of amides is 2. The third-order valence-corrected chi connectivity index (χ3v) is 6.31. The molecule has 10 heteroatoms. The van der Waals surface area contributed by atoms with Gasteiger partial charge in [-0.3, -0.25) is 23.7 Å². The number of hydrogen-bond donors (Lipinski definition) is 4. The summed E-state index contributed by atoms with van der Waals surface area (Å²) < 4.78 is 0.822. The van der Waals surface area contributed by atoms with Gasteiger partial charge in [0.2, 0.25) is 11.8 Å². The van der Waals surface area contributed by atoms with Gasteiger partial charge in [0.1, 0.15) is 12.6 Å². The van der Waals surface area contributed by atoms with Gasteiger partial charge in [-0.1, -0.05) is 26.0 Å². The largest absolute Gasteiger partial charge is 0.481 e. The molecule has 1 heterocycles. The molecule has 2 aromatic rings. The summed E-state index contributed by atoms with van der Waals surface area (Å²) in [5.41, 5.74) is -0.874. The van der Waals surface area contributed by atoms with Crippen molar-refractivity contribution in [1.82, 2.24) is 20.2 Å². The maximum Gasteiger partial charge on any atom is 0.329 e. The average molecular weight is 473 g/mol. The average Bonchev–Trinajstić information content (AvgIpc) is 2.79. The Morgan fingerprint density at radius 2 is 1.79 bits per heavy atom. The molecular weight excluding hydrogens is 440 g/mol. The van der Waals surface area contributed by atoms with E-state index in [1.165, 1.54) is 0 Å². The highest BCUT2D eigenvalue weighted by molar-refractivity contribution is 5.87. The summed E-state index contributed by atoms with van der Waals surface area (Å²) in [4.78, 5) is 64.2. The minimum atomic E-state index is -0.807. The highest BCUT2D eigenvalue weighted by Crippen LogP contribution is 2.28. The summed E-state index contributed by atoms with van der Waals surface area (Å²) in [6.07, 6.45) is 3.04. The van der Waals surface area contributed by atoms with E-state index in [-0.39, 0.29) is 23.7 Å². The first kappa shape index (κ1) is 25.2. The fourth-order valence-electron chi connectivity index (χ4n) is 4.41. The molecule has 0 spiro atoms. The van der Waals surface area contributed by atoms with Crippen LogP contribution >= 0.6 is 0 Å². The SMILES string of the molecule is CC(C)C[C@H](NC(=O)Cn1c(=O)[nH]c2ccccc2c1=O)C(=O)NCC1CCC(C(=O)O)CC1. The lowest BCUT2D eigenvalue weighted by molar-refractivity contribution is -0.143. The summed E-state index contributed by atoms with van der Waals surface area (Å²) in [7, 11) is 0.